The number of amides is 1. The van der Waals surface area contributed by atoms with Crippen molar-refractivity contribution in [1.82, 2.24) is 5.32 Å². The lowest BCUT2D eigenvalue weighted by molar-refractivity contribution is -0.124. The normalized spacial score (nSPS) is 17.6. The Morgan fingerprint density at radius 2 is 1.86 bits per heavy atom. The van der Waals surface area contributed by atoms with Crippen LogP contribution in [0.2, 0.25) is 0 Å². The third kappa shape index (κ3) is 4.67. The molecule has 4 nitrogen and oxygen atoms in total. The summed E-state index contributed by atoms with van der Waals surface area (Å²) < 4.78 is 12.0. The average Bonchev–Trinajstić information content (AvgIpc) is 2.59. The highest BCUT2D eigenvalue weighted by Crippen LogP contribution is 2.39. The maximum absolute atomic E-state index is 12.7. The van der Waals surface area contributed by atoms with Crippen LogP contribution in [-0.4, -0.2) is 18.1 Å². The molecule has 0 bridgehead atoms. The predicted molar refractivity (Wildman–Crippen MR) is 112 cm³/mol. The highest BCUT2D eigenvalue weighted by Gasteiger charge is 2.34. The van der Waals surface area contributed by atoms with E-state index in [4.69, 9.17) is 9.47 Å². The van der Waals surface area contributed by atoms with Gasteiger partial charge >= 0.3 is 0 Å². The molecular weight excluding hydrogens is 350 g/mol. The highest BCUT2D eigenvalue weighted by molar-refractivity contribution is 5.78. The first-order valence-corrected chi connectivity index (χ1v) is 9.97. The van der Waals surface area contributed by atoms with Gasteiger partial charge in [-0.2, -0.15) is 0 Å². The van der Waals surface area contributed by atoms with E-state index in [9.17, 15) is 4.79 Å². The first kappa shape index (κ1) is 20.2. The Bertz CT molecular complexity index is 870. The van der Waals surface area contributed by atoms with E-state index in [0.717, 1.165) is 40.2 Å². The summed E-state index contributed by atoms with van der Waals surface area (Å²) in [4.78, 5) is 12.7. The number of hydrogen-bond donors (Lipinski definition) is 1. The molecule has 1 aliphatic heterocycles. The molecule has 150 valence electrons. The summed E-state index contributed by atoms with van der Waals surface area (Å²) in [6.45, 7) is 12.4. The van der Waals surface area contributed by atoms with E-state index < -0.39 is 0 Å². The van der Waals surface area contributed by atoms with Crippen molar-refractivity contribution in [1.29, 1.82) is 0 Å². The Morgan fingerprint density at radius 1 is 1.18 bits per heavy atom. The zero-order valence-corrected chi connectivity index (χ0v) is 17.8. The zero-order valence-electron chi connectivity index (χ0n) is 17.8. The van der Waals surface area contributed by atoms with Gasteiger partial charge in [0, 0.05) is 12.0 Å². The Kier molecular flexibility index (Phi) is 5.69. The molecule has 4 heteroatoms. The summed E-state index contributed by atoms with van der Waals surface area (Å²) in [6, 6.07) is 12.2. The minimum absolute atomic E-state index is 0.00209. The Labute approximate surface area is 168 Å². The number of nitrogens with one attached hydrogen (secondary N) is 1. The highest BCUT2D eigenvalue weighted by atomic mass is 16.5. The number of carbonyl (C=O) groups is 1. The van der Waals surface area contributed by atoms with Gasteiger partial charge < -0.3 is 14.8 Å². The van der Waals surface area contributed by atoms with Crippen LogP contribution in [0.4, 0.5) is 0 Å². The maximum atomic E-state index is 12.7. The fraction of sp³-hybridized carbons (Fsp3) is 0.458. The Hall–Kier alpha value is -2.49. The van der Waals surface area contributed by atoms with E-state index in [0.29, 0.717) is 5.92 Å². The number of carbonyl (C=O) groups excluding carboxylic acids is 1. The summed E-state index contributed by atoms with van der Waals surface area (Å²) in [5.74, 6) is 1.85. The molecule has 1 heterocycles. The average molecular weight is 382 g/mol. The van der Waals surface area contributed by atoms with Crippen LogP contribution in [0.5, 0.6) is 11.5 Å². The minimum Gasteiger partial charge on any atom is -0.487 e. The molecule has 1 amide bonds. The van der Waals surface area contributed by atoms with Crippen LogP contribution < -0.4 is 14.8 Å². The van der Waals surface area contributed by atoms with Crippen LogP contribution >= 0.6 is 0 Å². The van der Waals surface area contributed by atoms with Crippen molar-refractivity contribution >= 4 is 5.91 Å². The van der Waals surface area contributed by atoms with Crippen LogP contribution in [0.1, 0.15) is 68.3 Å². The van der Waals surface area contributed by atoms with Gasteiger partial charge in [-0.1, -0.05) is 43.7 Å². The van der Waals surface area contributed by atoms with E-state index in [-0.39, 0.29) is 24.2 Å². The van der Waals surface area contributed by atoms with Crippen molar-refractivity contribution in [3.63, 3.8) is 0 Å². The second-order valence-corrected chi connectivity index (χ2v) is 8.71. The third-order valence-electron chi connectivity index (χ3n) is 5.11. The summed E-state index contributed by atoms with van der Waals surface area (Å²) >= 11 is 0. The van der Waals surface area contributed by atoms with Crippen molar-refractivity contribution in [2.45, 2.75) is 65.5 Å². The number of hydrogen-bond acceptors (Lipinski definition) is 3. The monoisotopic (exact) mass is 381 g/mol. The van der Waals surface area contributed by atoms with Crippen LogP contribution in [0.15, 0.2) is 36.4 Å². The summed E-state index contributed by atoms with van der Waals surface area (Å²) in [5.41, 5.74) is 4.09. The molecule has 0 radical (unpaired) electrons. The third-order valence-corrected chi connectivity index (χ3v) is 5.11. The molecular formula is C24H31NO3. The number of rotatable bonds is 5. The SMILES string of the molecule is Cc1ccc(C(C)C)c(OCC(=O)NC2CC(C)(C)Oc3ccc(C)cc32)c1. The van der Waals surface area contributed by atoms with Crippen molar-refractivity contribution < 1.29 is 14.3 Å². The second-order valence-electron chi connectivity index (χ2n) is 8.71. The largest absolute Gasteiger partial charge is 0.487 e. The minimum atomic E-state index is -0.331. The molecule has 28 heavy (non-hydrogen) atoms. The van der Waals surface area contributed by atoms with Crippen LogP contribution in [0.3, 0.4) is 0 Å². The van der Waals surface area contributed by atoms with Gasteiger partial charge in [0.25, 0.3) is 5.91 Å². The van der Waals surface area contributed by atoms with Gasteiger partial charge in [0.05, 0.1) is 6.04 Å². The van der Waals surface area contributed by atoms with E-state index in [1.54, 1.807) is 0 Å². The zero-order chi connectivity index (χ0) is 20.5. The quantitative estimate of drug-likeness (QED) is 0.772. The first-order chi connectivity index (χ1) is 13.1. The smallest absolute Gasteiger partial charge is 0.258 e. The van der Waals surface area contributed by atoms with Gasteiger partial charge in [-0.15, -0.1) is 0 Å². The van der Waals surface area contributed by atoms with E-state index in [1.807, 2.05) is 45.9 Å². The first-order valence-electron chi connectivity index (χ1n) is 9.97. The number of aryl methyl sites for hydroxylation is 2. The summed E-state index contributed by atoms with van der Waals surface area (Å²) in [5, 5.41) is 3.15. The van der Waals surface area contributed by atoms with Crippen molar-refractivity contribution in [2.24, 2.45) is 0 Å². The second kappa shape index (κ2) is 7.86. The van der Waals surface area contributed by atoms with E-state index >= 15 is 0 Å². The number of fused-ring (bicyclic) bond motifs is 1. The van der Waals surface area contributed by atoms with Gasteiger partial charge in [0.15, 0.2) is 6.61 Å². The molecule has 0 saturated heterocycles. The molecule has 0 saturated carbocycles. The molecule has 0 aromatic heterocycles. The standard InChI is InChI=1S/C24H31NO3/c1-15(2)18-9-7-17(4)12-22(18)27-14-23(26)25-20-13-24(5,6)28-21-10-8-16(3)11-19(20)21/h7-12,15,20H,13-14H2,1-6H3,(H,25,26). The molecule has 2 aromatic rings. The number of benzene rings is 2. The molecule has 1 aliphatic rings. The molecule has 1 unspecified atom stereocenters. The van der Waals surface area contributed by atoms with Gasteiger partial charge in [0.1, 0.15) is 17.1 Å². The lowest BCUT2D eigenvalue weighted by Crippen LogP contribution is -2.42. The van der Waals surface area contributed by atoms with Crippen LogP contribution in [0, 0.1) is 13.8 Å². The molecule has 1 atom stereocenters. The predicted octanol–water partition coefficient (Wildman–Crippen LogP) is 5.22. The summed E-state index contributed by atoms with van der Waals surface area (Å²) in [6.07, 6.45) is 0.719. The van der Waals surface area contributed by atoms with Crippen molar-refractivity contribution in [3.8, 4) is 11.5 Å². The fourth-order valence-corrected chi connectivity index (χ4v) is 3.73. The van der Waals surface area contributed by atoms with Gasteiger partial charge in [-0.05, 0) is 56.9 Å². The maximum Gasteiger partial charge on any atom is 0.258 e. The van der Waals surface area contributed by atoms with Gasteiger partial charge in [0.2, 0.25) is 0 Å². The Morgan fingerprint density at radius 3 is 2.57 bits per heavy atom. The van der Waals surface area contributed by atoms with E-state index in [1.165, 1.54) is 0 Å². The molecule has 0 spiro atoms. The molecule has 2 aromatic carbocycles. The number of ether oxygens (including phenoxy) is 2. The summed E-state index contributed by atoms with van der Waals surface area (Å²) in [7, 11) is 0. The van der Waals surface area contributed by atoms with E-state index in [2.05, 4.69) is 37.4 Å². The lowest BCUT2D eigenvalue weighted by atomic mass is 9.89. The van der Waals surface area contributed by atoms with Crippen LogP contribution in [0.25, 0.3) is 0 Å². The van der Waals surface area contributed by atoms with Crippen molar-refractivity contribution in [2.75, 3.05) is 6.61 Å². The van der Waals surface area contributed by atoms with Crippen LogP contribution in [-0.2, 0) is 4.79 Å². The fourth-order valence-electron chi connectivity index (χ4n) is 3.73. The van der Waals surface area contributed by atoms with Crippen molar-refractivity contribution in [3.05, 3.63) is 58.7 Å². The Balaban J connectivity index is 1.72. The van der Waals surface area contributed by atoms with Gasteiger partial charge in [-0.3, -0.25) is 4.79 Å². The molecule has 1 N–H and O–H groups in total. The topological polar surface area (TPSA) is 47.6 Å². The lowest BCUT2D eigenvalue weighted by Gasteiger charge is -2.38. The molecule has 3 rings (SSSR count). The molecule has 0 fully saturated rings. The van der Waals surface area contributed by atoms with Gasteiger partial charge in [-0.25, -0.2) is 0 Å². The molecule has 0 aliphatic carbocycles.